The molecule has 1 aromatic heterocycles. The normalized spacial score (nSPS) is 11.2. The van der Waals surface area contributed by atoms with Crippen LogP contribution in [0.15, 0.2) is 35.6 Å². The van der Waals surface area contributed by atoms with Gasteiger partial charge < -0.3 is 24.8 Å². The van der Waals surface area contributed by atoms with E-state index in [1.807, 2.05) is 36.0 Å². The standard InChI is InChI=1S/C19H29N5O3/c1-5-20-19(21-10-6-12-24-13-7-11-23-24)22-14-15-8-9-16(25-2)18(27-4)17(15)26-3/h7-9,11,13H,5-6,10,12,14H2,1-4H3,(H2,20,21,22). The summed E-state index contributed by atoms with van der Waals surface area (Å²) in [6, 6.07) is 5.72. The number of benzene rings is 1. The van der Waals surface area contributed by atoms with Crippen molar-refractivity contribution in [3.63, 3.8) is 0 Å². The molecule has 8 nitrogen and oxygen atoms in total. The number of nitrogens with zero attached hydrogens (tertiary/aromatic N) is 3. The molecule has 1 aromatic carbocycles. The molecular formula is C19H29N5O3. The van der Waals surface area contributed by atoms with Gasteiger partial charge >= 0.3 is 0 Å². The molecule has 0 fully saturated rings. The first kappa shape index (κ1) is 20.4. The molecule has 0 aliphatic carbocycles. The molecule has 2 N–H and O–H groups in total. The molecule has 148 valence electrons. The van der Waals surface area contributed by atoms with Crippen molar-refractivity contribution in [2.75, 3.05) is 34.4 Å². The Bertz CT molecular complexity index is 716. The van der Waals surface area contributed by atoms with Crippen molar-refractivity contribution in [3.8, 4) is 17.2 Å². The number of ether oxygens (including phenoxy) is 3. The highest BCUT2D eigenvalue weighted by Crippen LogP contribution is 2.39. The Hall–Kier alpha value is -2.90. The highest BCUT2D eigenvalue weighted by Gasteiger charge is 2.15. The van der Waals surface area contributed by atoms with E-state index in [-0.39, 0.29) is 0 Å². The average molecular weight is 375 g/mol. The summed E-state index contributed by atoms with van der Waals surface area (Å²) in [5, 5.41) is 10.8. The fraction of sp³-hybridized carbons (Fsp3) is 0.474. The Morgan fingerprint density at radius 1 is 1.11 bits per heavy atom. The molecule has 0 atom stereocenters. The monoisotopic (exact) mass is 375 g/mol. The summed E-state index contributed by atoms with van der Waals surface area (Å²) in [5.74, 6) is 2.60. The summed E-state index contributed by atoms with van der Waals surface area (Å²) in [6.07, 6.45) is 4.70. The van der Waals surface area contributed by atoms with E-state index < -0.39 is 0 Å². The molecule has 0 bridgehead atoms. The van der Waals surface area contributed by atoms with Gasteiger partial charge in [0, 0.05) is 37.6 Å². The summed E-state index contributed by atoms with van der Waals surface area (Å²) in [7, 11) is 4.81. The lowest BCUT2D eigenvalue weighted by atomic mass is 10.1. The number of methoxy groups -OCH3 is 3. The summed E-state index contributed by atoms with van der Waals surface area (Å²) in [6.45, 7) is 4.95. The summed E-state index contributed by atoms with van der Waals surface area (Å²) in [5.41, 5.74) is 0.920. The molecule has 0 saturated heterocycles. The second-order valence-electron chi connectivity index (χ2n) is 5.74. The van der Waals surface area contributed by atoms with Gasteiger partial charge in [0.2, 0.25) is 5.75 Å². The van der Waals surface area contributed by atoms with Crippen LogP contribution >= 0.6 is 0 Å². The van der Waals surface area contributed by atoms with Crippen molar-refractivity contribution < 1.29 is 14.2 Å². The maximum absolute atomic E-state index is 5.52. The van der Waals surface area contributed by atoms with Crippen LogP contribution in [0.2, 0.25) is 0 Å². The van der Waals surface area contributed by atoms with Crippen molar-refractivity contribution in [2.45, 2.75) is 26.4 Å². The molecule has 0 aliphatic heterocycles. The van der Waals surface area contributed by atoms with Crippen LogP contribution < -0.4 is 24.8 Å². The van der Waals surface area contributed by atoms with Gasteiger partial charge in [0.15, 0.2) is 17.5 Å². The smallest absolute Gasteiger partial charge is 0.203 e. The van der Waals surface area contributed by atoms with Gasteiger partial charge in [-0.2, -0.15) is 5.10 Å². The summed E-state index contributed by atoms with van der Waals surface area (Å²) in [4.78, 5) is 4.65. The topological polar surface area (TPSA) is 81.9 Å². The summed E-state index contributed by atoms with van der Waals surface area (Å²) < 4.78 is 18.2. The number of aromatic nitrogens is 2. The molecule has 8 heteroatoms. The quantitative estimate of drug-likeness (QED) is 0.376. The molecule has 2 rings (SSSR count). The number of guanidine groups is 1. The number of aryl methyl sites for hydroxylation is 1. The van der Waals surface area contributed by atoms with Crippen LogP contribution in [0.25, 0.3) is 0 Å². The third kappa shape index (κ3) is 5.80. The minimum Gasteiger partial charge on any atom is -0.493 e. The number of rotatable bonds is 10. The van der Waals surface area contributed by atoms with Gasteiger partial charge in [-0.3, -0.25) is 4.68 Å². The SMILES string of the molecule is CCNC(=NCc1ccc(OC)c(OC)c1OC)NCCCn1cccn1. The van der Waals surface area contributed by atoms with Crippen LogP contribution in [0.3, 0.4) is 0 Å². The predicted octanol–water partition coefficient (Wildman–Crippen LogP) is 2.05. The van der Waals surface area contributed by atoms with E-state index in [1.54, 1.807) is 27.5 Å². The van der Waals surface area contributed by atoms with Crippen LogP contribution in [0.1, 0.15) is 18.9 Å². The van der Waals surface area contributed by atoms with Crippen molar-refractivity contribution in [3.05, 3.63) is 36.2 Å². The fourth-order valence-corrected chi connectivity index (χ4v) is 2.67. The van der Waals surface area contributed by atoms with Gasteiger partial charge in [-0.15, -0.1) is 0 Å². The van der Waals surface area contributed by atoms with E-state index in [0.717, 1.165) is 37.6 Å². The van der Waals surface area contributed by atoms with E-state index in [4.69, 9.17) is 14.2 Å². The van der Waals surface area contributed by atoms with E-state index in [0.29, 0.717) is 23.8 Å². The van der Waals surface area contributed by atoms with Crippen LogP contribution in [0, 0.1) is 0 Å². The van der Waals surface area contributed by atoms with Crippen LogP contribution in [-0.2, 0) is 13.1 Å². The van der Waals surface area contributed by atoms with Gasteiger partial charge in [0.25, 0.3) is 0 Å². The highest BCUT2D eigenvalue weighted by molar-refractivity contribution is 5.79. The first-order chi connectivity index (χ1) is 13.2. The number of nitrogens with one attached hydrogen (secondary N) is 2. The number of aliphatic imine (C=N–C) groups is 1. The lowest BCUT2D eigenvalue weighted by molar-refractivity contribution is 0.322. The molecular weight excluding hydrogens is 346 g/mol. The van der Waals surface area contributed by atoms with Gasteiger partial charge in [-0.25, -0.2) is 4.99 Å². The molecule has 0 amide bonds. The van der Waals surface area contributed by atoms with Crippen LogP contribution in [-0.4, -0.2) is 50.2 Å². The zero-order valence-electron chi connectivity index (χ0n) is 16.5. The van der Waals surface area contributed by atoms with Crippen molar-refractivity contribution in [2.24, 2.45) is 4.99 Å². The molecule has 0 unspecified atom stereocenters. The Kier molecular flexibility index (Phi) is 8.28. The van der Waals surface area contributed by atoms with E-state index in [2.05, 4.69) is 20.7 Å². The third-order valence-corrected chi connectivity index (χ3v) is 3.95. The van der Waals surface area contributed by atoms with E-state index in [1.165, 1.54) is 0 Å². The van der Waals surface area contributed by atoms with E-state index >= 15 is 0 Å². The summed E-state index contributed by atoms with van der Waals surface area (Å²) >= 11 is 0. The molecule has 27 heavy (non-hydrogen) atoms. The molecule has 0 aliphatic rings. The van der Waals surface area contributed by atoms with Gasteiger partial charge in [0.05, 0.1) is 27.9 Å². The fourth-order valence-electron chi connectivity index (χ4n) is 2.67. The molecule has 0 saturated carbocycles. The average Bonchev–Trinajstić information content (AvgIpc) is 3.21. The van der Waals surface area contributed by atoms with Crippen LogP contribution in [0.4, 0.5) is 0 Å². The Balaban J connectivity index is 2.00. The van der Waals surface area contributed by atoms with Gasteiger partial charge in [-0.1, -0.05) is 0 Å². The Morgan fingerprint density at radius 2 is 1.93 bits per heavy atom. The van der Waals surface area contributed by atoms with Crippen LogP contribution in [0.5, 0.6) is 17.2 Å². The van der Waals surface area contributed by atoms with Crippen molar-refractivity contribution in [1.29, 1.82) is 0 Å². The van der Waals surface area contributed by atoms with Crippen molar-refractivity contribution in [1.82, 2.24) is 20.4 Å². The third-order valence-electron chi connectivity index (χ3n) is 3.95. The maximum atomic E-state index is 5.52. The predicted molar refractivity (Wildman–Crippen MR) is 106 cm³/mol. The second kappa shape index (κ2) is 10.9. The molecule has 0 spiro atoms. The lowest BCUT2D eigenvalue weighted by Gasteiger charge is -2.15. The number of hydrogen-bond donors (Lipinski definition) is 2. The minimum atomic E-state index is 0.456. The molecule has 1 heterocycles. The Labute approximate surface area is 160 Å². The zero-order chi connectivity index (χ0) is 19.5. The van der Waals surface area contributed by atoms with Gasteiger partial charge in [0.1, 0.15) is 0 Å². The molecule has 0 radical (unpaired) electrons. The zero-order valence-corrected chi connectivity index (χ0v) is 16.5. The highest BCUT2D eigenvalue weighted by atomic mass is 16.5. The molecule has 2 aromatic rings. The van der Waals surface area contributed by atoms with E-state index in [9.17, 15) is 0 Å². The minimum absolute atomic E-state index is 0.456. The first-order valence-corrected chi connectivity index (χ1v) is 9.00. The largest absolute Gasteiger partial charge is 0.493 e. The van der Waals surface area contributed by atoms with Gasteiger partial charge in [-0.05, 0) is 31.5 Å². The van der Waals surface area contributed by atoms with Crippen molar-refractivity contribution >= 4 is 5.96 Å². The second-order valence-corrected chi connectivity index (χ2v) is 5.74. The first-order valence-electron chi connectivity index (χ1n) is 9.00. The maximum Gasteiger partial charge on any atom is 0.203 e. The lowest BCUT2D eigenvalue weighted by Crippen LogP contribution is -2.38. The number of hydrogen-bond acceptors (Lipinski definition) is 5. The Morgan fingerprint density at radius 3 is 2.56 bits per heavy atom.